The summed E-state index contributed by atoms with van der Waals surface area (Å²) in [5.41, 5.74) is 3.00. The van der Waals surface area contributed by atoms with Crippen LogP contribution in [0.4, 0.5) is 5.13 Å². The van der Waals surface area contributed by atoms with E-state index >= 15 is 0 Å². The maximum Gasteiger partial charge on any atom is 0.273 e. The van der Waals surface area contributed by atoms with E-state index in [0.29, 0.717) is 5.13 Å². The SMILES string of the molecule is CC1=NN(c2nc(=O)cc(-c3ccccc3)s2)C(c2ccccc2)C1. The van der Waals surface area contributed by atoms with Gasteiger partial charge in [-0.25, -0.2) is 5.01 Å². The molecule has 3 aromatic rings. The van der Waals surface area contributed by atoms with Crippen LogP contribution in [-0.4, -0.2) is 10.7 Å². The second kappa shape index (κ2) is 6.61. The fourth-order valence-electron chi connectivity index (χ4n) is 3.00. The van der Waals surface area contributed by atoms with Crippen LogP contribution < -0.4 is 10.6 Å². The van der Waals surface area contributed by atoms with Crippen LogP contribution in [0.25, 0.3) is 10.4 Å². The van der Waals surface area contributed by atoms with E-state index in [1.54, 1.807) is 6.07 Å². The van der Waals surface area contributed by atoms with Crippen LogP contribution in [0.1, 0.15) is 24.9 Å². The highest BCUT2D eigenvalue weighted by Gasteiger charge is 2.29. The van der Waals surface area contributed by atoms with Gasteiger partial charge in [-0.3, -0.25) is 4.79 Å². The second-order valence-corrected chi connectivity index (χ2v) is 7.03. The predicted molar refractivity (Wildman–Crippen MR) is 103 cm³/mol. The molecule has 1 aliphatic rings. The van der Waals surface area contributed by atoms with Gasteiger partial charge < -0.3 is 0 Å². The van der Waals surface area contributed by atoms with E-state index in [0.717, 1.165) is 22.6 Å². The lowest BCUT2D eigenvalue weighted by atomic mass is 10.0. The summed E-state index contributed by atoms with van der Waals surface area (Å²) in [6, 6.07) is 21.8. The van der Waals surface area contributed by atoms with Crippen LogP contribution in [0.15, 0.2) is 76.6 Å². The summed E-state index contributed by atoms with van der Waals surface area (Å²) in [7, 11) is 0. The molecule has 25 heavy (non-hydrogen) atoms. The van der Waals surface area contributed by atoms with Crippen molar-refractivity contribution in [3.05, 3.63) is 82.6 Å². The molecular weight excluding hydrogens is 330 g/mol. The van der Waals surface area contributed by atoms with Gasteiger partial charge in [0.05, 0.1) is 6.04 Å². The summed E-state index contributed by atoms with van der Waals surface area (Å²) in [6.45, 7) is 2.01. The van der Waals surface area contributed by atoms with Gasteiger partial charge in [-0.1, -0.05) is 72.0 Å². The first kappa shape index (κ1) is 15.7. The van der Waals surface area contributed by atoms with Gasteiger partial charge in [-0.2, -0.15) is 10.1 Å². The molecule has 5 heteroatoms. The minimum Gasteiger partial charge on any atom is -0.267 e. The summed E-state index contributed by atoms with van der Waals surface area (Å²) in [4.78, 5) is 17.3. The van der Waals surface area contributed by atoms with Gasteiger partial charge >= 0.3 is 0 Å². The first-order valence-electron chi connectivity index (χ1n) is 8.16. The summed E-state index contributed by atoms with van der Waals surface area (Å²) in [5.74, 6) is 0. The Morgan fingerprint density at radius 3 is 2.44 bits per heavy atom. The molecule has 0 radical (unpaired) electrons. The lowest BCUT2D eigenvalue weighted by Gasteiger charge is -2.22. The molecule has 0 amide bonds. The largest absolute Gasteiger partial charge is 0.273 e. The molecule has 4 rings (SSSR count). The van der Waals surface area contributed by atoms with Gasteiger partial charge in [0.2, 0.25) is 5.13 Å². The Morgan fingerprint density at radius 2 is 1.72 bits per heavy atom. The summed E-state index contributed by atoms with van der Waals surface area (Å²) < 4.78 is 0. The molecule has 4 nitrogen and oxygen atoms in total. The molecule has 0 bridgehead atoms. The molecule has 1 aromatic heterocycles. The maximum absolute atomic E-state index is 12.2. The van der Waals surface area contributed by atoms with Crippen molar-refractivity contribution in [2.24, 2.45) is 5.10 Å². The number of hydrazone groups is 1. The number of hydrogen-bond donors (Lipinski definition) is 0. The predicted octanol–water partition coefficient (Wildman–Crippen LogP) is 4.50. The highest BCUT2D eigenvalue weighted by atomic mass is 32.1. The van der Waals surface area contributed by atoms with Crippen molar-refractivity contribution in [2.75, 3.05) is 5.01 Å². The van der Waals surface area contributed by atoms with E-state index in [4.69, 9.17) is 0 Å². The quantitative estimate of drug-likeness (QED) is 0.701. The highest BCUT2D eigenvalue weighted by Crippen LogP contribution is 2.37. The zero-order chi connectivity index (χ0) is 17.2. The number of rotatable bonds is 3. The van der Waals surface area contributed by atoms with Crippen molar-refractivity contribution < 1.29 is 0 Å². The molecule has 0 N–H and O–H groups in total. The van der Waals surface area contributed by atoms with Crippen LogP contribution in [0.5, 0.6) is 0 Å². The van der Waals surface area contributed by atoms with Gasteiger partial charge in [-0.05, 0) is 18.1 Å². The number of aromatic nitrogens is 1. The van der Waals surface area contributed by atoms with E-state index < -0.39 is 0 Å². The fraction of sp³-hybridized carbons (Fsp3) is 0.150. The van der Waals surface area contributed by atoms with Crippen LogP contribution in [-0.2, 0) is 0 Å². The average Bonchev–Trinajstić information content (AvgIpc) is 3.05. The number of nitrogens with zero attached hydrogens (tertiary/aromatic N) is 3. The maximum atomic E-state index is 12.2. The summed E-state index contributed by atoms with van der Waals surface area (Å²) in [6.07, 6.45) is 0.835. The second-order valence-electron chi connectivity index (χ2n) is 6.02. The zero-order valence-corrected chi connectivity index (χ0v) is 14.6. The van der Waals surface area contributed by atoms with Crippen molar-refractivity contribution >= 4 is 22.2 Å². The van der Waals surface area contributed by atoms with E-state index in [1.807, 2.05) is 60.5 Å². The standard InChI is InChI=1S/C20H17N3OS/c1-14-12-17(15-8-4-2-5-9-15)23(22-14)20-21-19(24)13-18(25-20)16-10-6-3-7-11-16/h2-11,13,17H,12H2,1H3. The van der Waals surface area contributed by atoms with Gasteiger partial charge in [0, 0.05) is 23.1 Å². The molecule has 2 heterocycles. The molecule has 1 unspecified atom stereocenters. The molecule has 0 aliphatic carbocycles. The van der Waals surface area contributed by atoms with Crippen molar-refractivity contribution in [3.8, 4) is 10.4 Å². The monoisotopic (exact) mass is 347 g/mol. The van der Waals surface area contributed by atoms with Crippen LogP contribution >= 0.6 is 11.3 Å². The normalized spacial score (nSPS) is 16.8. The Hall–Kier alpha value is -2.79. The molecule has 1 aliphatic heterocycles. The first-order valence-corrected chi connectivity index (χ1v) is 8.98. The Bertz CT molecular complexity index is 967. The minimum atomic E-state index is -0.237. The molecule has 0 spiro atoms. The smallest absolute Gasteiger partial charge is 0.267 e. The highest BCUT2D eigenvalue weighted by molar-refractivity contribution is 7.18. The van der Waals surface area contributed by atoms with Crippen molar-refractivity contribution in [1.82, 2.24) is 4.98 Å². The molecule has 1 atom stereocenters. The average molecular weight is 347 g/mol. The minimum absolute atomic E-state index is 0.0790. The van der Waals surface area contributed by atoms with Crippen molar-refractivity contribution in [3.63, 3.8) is 0 Å². The Balaban J connectivity index is 1.78. The molecule has 0 fully saturated rings. The van der Waals surface area contributed by atoms with Gasteiger partial charge in [0.25, 0.3) is 5.56 Å². The van der Waals surface area contributed by atoms with Crippen LogP contribution in [0.2, 0.25) is 0 Å². The fourth-order valence-corrected chi connectivity index (χ4v) is 4.01. The summed E-state index contributed by atoms with van der Waals surface area (Å²) >= 11 is 1.50. The lowest BCUT2D eigenvalue weighted by Crippen LogP contribution is -2.21. The molecular formula is C20H17N3OS. The van der Waals surface area contributed by atoms with Crippen molar-refractivity contribution in [1.29, 1.82) is 0 Å². The van der Waals surface area contributed by atoms with E-state index in [-0.39, 0.29) is 11.6 Å². The number of benzene rings is 2. The third-order valence-corrected chi connectivity index (χ3v) is 5.20. The Labute approximate surface area is 150 Å². The zero-order valence-electron chi connectivity index (χ0n) is 13.8. The van der Waals surface area contributed by atoms with E-state index in [9.17, 15) is 4.79 Å². The van der Waals surface area contributed by atoms with E-state index in [2.05, 4.69) is 22.2 Å². The van der Waals surface area contributed by atoms with Crippen LogP contribution in [0, 0.1) is 0 Å². The molecule has 0 saturated heterocycles. The number of hydrogen-bond acceptors (Lipinski definition) is 5. The first-order chi connectivity index (χ1) is 12.2. The molecule has 124 valence electrons. The Morgan fingerprint density at radius 1 is 1.04 bits per heavy atom. The summed E-state index contributed by atoms with van der Waals surface area (Å²) in [5, 5.41) is 7.18. The third-order valence-electron chi connectivity index (χ3n) is 4.16. The topological polar surface area (TPSA) is 45.6 Å². The molecule has 2 aromatic carbocycles. The van der Waals surface area contributed by atoms with Gasteiger partial charge in [0.15, 0.2) is 0 Å². The van der Waals surface area contributed by atoms with Gasteiger partial charge in [0.1, 0.15) is 0 Å². The lowest BCUT2D eigenvalue weighted by molar-refractivity contribution is 0.704. The van der Waals surface area contributed by atoms with E-state index in [1.165, 1.54) is 16.9 Å². The third kappa shape index (κ3) is 3.23. The van der Waals surface area contributed by atoms with Crippen molar-refractivity contribution in [2.45, 2.75) is 19.4 Å². The van der Waals surface area contributed by atoms with Crippen LogP contribution in [0.3, 0.4) is 0 Å². The number of anilines is 1. The van der Waals surface area contributed by atoms with Gasteiger partial charge in [-0.15, -0.1) is 0 Å². The molecule has 0 saturated carbocycles. The Kier molecular flexibility index (Phi) is 4.15.